The van der Waals surface area contributed by atoms with Crippen molar-refractivity contribution in [1.29, 1.82) is 0 Å². The second kappa shape index (κ2) is 5.62. The smallest absolute Gasteiger partial charge is 0.150 e. The maximum absolute atomic E-state index is 10.9. The van der Waals surface area contributed by atoms with Gasteiger partial charge in [-0.05, 0) is 47.1 Å². The van der Waals surface area contributed by atoms with Crippen molar-refractivity contribution in [1.82, 2.24) is 0 Å². The summed E-state index contributed by atoms with van der Waals surface area (Å²) >= 11 is 0. The van der Waals surface area contributed by atoms with Crippen molar-refractivity contribution in [2.24, 2.45) is 0 Å². The number of carbonyl (C=O) groups excluding carboxylic acids is 1. The van der Waals surface area contributed by atoms with Gasteiger partial charge in [-0.15, -0.1) is 0 Å². The van der Waals surface area contributed by atoms with Gasteiger partial charge in [0.25, 0.3) is 0 Å². The van der Waals surface area contributed by atoms with Gasteiger partial charge >= 0.3 is 0 Å². The van der Waals surface area contributed by atoms with Gasteiger partial charge in [-0.1, -0.05) is 57.2 Å². The summed E-state index contributed by atoms with van der Waals surface area (Å²) in [7, 11) is 0. The minimum atomic E-state index is 0.207. The molecular formula is C19H22O. The van der Waals surface area contributed by atoms with E-state index >= 15 is 0 Å². The maximum Gasteiger partial charge on any atom is 0.150 e. The lowest BCUT2D eigenvalue weighted by Gasteiger charge is -2.23. The van der Waals surface area contributed by atoms with Crippen LogP contribution in [0.4, 0.5) is 0 Å². The van der Waals surface area contributed by atoms with E-state index in [9.17, 15) is 4.79 Å². The Hall–Kier alpha value is -1.89. The predicted octanol–water partition coefficient (Wildman–Crippen LogP) is 5.16. The van der Waals surface area contributed by atoms with Crippen LogP contribution in [-0.4, -0.2) is 6.29 Å². The molecule has 0 aromatic heterocycles. The van der Waals surface area contributed by atoms with Gasteiger partial charge in [-0.3, -0.25) is 4.79 Å². The number of rotatable bonds is 4. The molecule has 2 aromatic rings. The Balaban J connectivity index is 2.42. The van der Waals surface area contributed by atoms with E-state index in [1.807, 2.05) is 18.2 Å². The van der Waals surface area contributed by atoms with Crippen molar-refractivity contribution in [3.05, 3.63) is 59.2 Å². The first-order valence-corrected chi connectivity index (χ1v) is 7.14. The van der Waals surface area contributed by atoms with Gasteiger partial charge in [0.05, 0.1) is 0 Å². The molecule has 0 aliphatic heterocycles. The van der Waals surface area contributed by atoms with Crippen molar-refractivity contribution in [2.45, 2.75) is 39.5 Å². The van der Waals surface area contributed by atoms with Crippen LogP contribution in [0.5, 0.6) is 0 Å². The number of hydrogen-bond acceptors (Lipinski definition) is 1. The van der Waals surface area contributed by atoms with Gasteiger partial charge in [0.1, 0.15) is 6.29 Å². The van der Waals surface area contributed by atoms with E-state index in [-0.39, 0.29) is 5.41 Å². The largest absolute Gasteiger partial charge is 0.298 e. The van der Waals surface area contributed by atoms with E-state index < -0.39 is 0 Å². The lowest BCUT2D eigenvalue weighted by molar-refractivity contribution is 0.112. The monoisotopic (exact) mass is 266 g/mol. The Kier molecular flexibility index (Phi) is 4.08. The van der Waals surface area contributed by atoms with Crippen LogP contribution in [0.1, 0.15) is 48.7 Å². The topological polar surface area (TPSA) is 17.1 Å². The third kappa shape index (κ3) is 2.82. The summed E-state index contributed by atoms with van der Waals surface area (Å²) in [6, 6.07) is 14.5. The standard InChI is InChI=1S/C19H22O/c1-5-19(3,4)17-10-8-16(9-11-17)18-12-15(13-20)7-6-14(18)2/h6-13H,5H2,1-4H3. The third-order valence-electron chi connectivity index (χ3n) is 4.26. The molecule has 2 aromatic carbocycles. The molecular weight excluding hydrogens is 244 g/mol. The summed E-state index contributed by atoms with van der Waals surface area (Å²) in [6.07, 6.45) is 2.02. The minimum absolute atomic E-state index is 0.207. The van der Waals surface area contributed by atoms with Crippen molar-refractivity contribution < 1.29 is 4.79 Å². The molecule has 1 heteroatoms. The number of aryl methyl sites for hydroxylation is 1. The molecule has 0 amide bonds. The van der Waals surface area contributed by atoms with Crippen LogP contribution in [0, 0.1) is 6.92 Å². The SMILES string of the molecule is CCC(C)(C)c1ccc(-c2cc(C=O)ccc2C)cc1. The molecule has 0 saturated carbocycles. The van der Waals surface area contributed by atoms with Gasteiger partial charge in [0.2, 0.25) is 0 Å². The van der Waals surface area contributed by atoms with Crippen LogP contribution in [0.2, 0.25) is 0 Å². The molecule has 0 bridgehead atoms. The Morgan fingerprint density at radius 3 is 2.25 bits per heavy atom. The van der Waals surface area contributed by atoms with E-state index in [0.29, 0.717) is 0 Å². The normalized spacial score (nSPS) is 11.4. The zero-order chi connectivity index (χ0) is 14.8. The molecule has 0 N–H and O–H groups in total. The molecule has 1 nitrogen and oxygen atoms in total. The second-order valence-electron chi connectivity index (χ2n) is 6.01. The first-order chi connectivity index (χ1) is 9.47. The van der Waals surface area contributed by atoms with Gasteiger partial charge in [0.15, 0.2) is 0 Å². The molecule has 0 aliphatic rings. The molecule has 2 rings (SSSR count). The van der Waals surface area contributed by atoms with Gasteiger partial charge < -0.3 is 0 Å². The number of benzene rings is 2. The molecule has 0 unspecified atom stereocenters. The molecule has 0 radical (unpaired) electrons. The van der Waals surface area contributed by atoms with Crippen molar-refractivity contribution in [3.63, 3.8) is 0 Å². The van der Waals surface area contributed by atoms with Crippen LogP contribution in [-0.2, 0) is 5.41 Å². The number of aldehydes is 1. The van der Waals surface area contributed by atoms with E-state index in [1.54, 1.807) is 0 Å². The predicted molar refractivity (Wildman–Crippen MR) is 85.3 cm³/mol. The summed E-state index contributed by atoms with van der Waals surface area (Å²) in [4.78, 5) is 10.9. The molecule has 0 spiro atoms. The Labute approximate surface area is 121 Å². The van der Waals surface area contributed by atoms with E-state index in [4.69, 9.17) is 0 Å². The average molecular weight is 266 g/mol. The third-order valence-corrected chi connectivity index (χ3v) is 4.26. The van der Waals surface area contributed by atoms with E-state index in [0.717, 1.165) is 23.8 Å². The minimum Gasteiger partial charge on any atom is -0.298 e. The lowest BCUT2D eigenvalue weighted by atomic mass is 9.81. The summed E-state index contributed by atoms with van der Waals surface area (Å²) in [5.74, 6) is 0. The van der Waals surface area contributed by atoms with Gasteiger partial charge in [-0.25, -0.2) is 0 Å². The zero-order valence-corrected chi connectivity index (χ0v) is 12.7. The van der Waals surface area contributed by atoms with Crippen LogP contribution < -0.4 is 0 Å². The first-order valence-electron chi connectivity index (χ1n) is 7.14. The fourth-order valence-corrected chi connectivity index (χ4v) is 2.33. The van der Waals surface area contributed by atoms with E-state index in [1.165, 1.54) is 16.7 Å². The van der Waals surface area contributed by atoms with Gasteiger partial charge in [-0.2, -0.15) is 0 Å². The summed E-state index contributed by atoms with van der Waals surface area (Å²) < 4.78 is 0. The molecule has 0 atom stereocenters. The van der Waals surface area contributed by atoms with Gasteiger partial charge in [0, 0.05) is 5.56 Å². The highest BCUT2D eigenvalue weighted by Gasteiger charge is 2.17. The Morgan fingerprint density at radius 1 is 1.05 bits per heavy atom. The summed E-state index contributed by atoms with van der Waals surface area (Å²) in [5.41, 5.74) is 5.78. The number of carbonyl (C=O) groups is 1. The fourth-order valence-electron chi connectivity index (χ4n) is 2.33. The first kappa shape index (κ1) is 14.5. The van der Waals surface area contributed by atoms with Crippen molar-refractivity contribution in [3.8, 4) is 11.1 Å². The fraction of sp³-hybridized carbons (Fsp3) is 0.316. The molecule has 20 heavy (non-hydrogen) atoms. The average Bonchev–Trinajstić information content (AvgIpc) is 2.48. The molecule has 0 fully saturated rings. The lowest BCUT2D eigenvalue weighted by Crippen LogP contribution is -2.14. The van der Waals surface area contributed by atoms with Crippen LogP contribution >= 0.6 is 0 Å². The highest BCUT2D eigenvalue weighted by atomic mass is 16.1. The van der Waals surface area contributed by atoms with Crippen molar-refractivity contribution >= 4 is 6.29 Å². The summed E-state index contributed by atoms with van der Waals surface area (Å²) in [6.45, 7) is 8.82. The van der Waals surface area contributed by atoms with Crippen LogP contribution in [0.15, 0.2) is 42.5 Å². The van der Waals surface area contributed by atoms with E-state index in [2.05, 4.69) is 52.0 Å². The Morgan fingerprint density at radius 2 is 1.70 bits per heavy atom. The molecule has 0 aliphatic carbocycles. The molecule has 0 saturated heterocycles. The number of hydrogen-bond donors (Lipinski definition) is 0. The quantitative estimate of drug-likeness (QED) is 0.698. The summed E-state index contributed by atoms with van der Waals surface area (Å²) in [5, 5.41) is 0. The second-order valence-corrected chi connectivity index (χ2v) is 6.01. The highest BCUT2D eigenvalue weighted by molar-refractivity contribution is 5.80. The van der Waals surface area contributed by atoms with Crippen LogP contribution in [0.25, 0.3) is 11.1 Å². The molecule has 0 heterocycles. The molecule has 104 valence electrons. The highest BCUT2D eigenvalue weighted by Crippen LogP contribution is 2.30. The van der Waals surface area contributed by atoms with Crippen molar-refractivity contribution in [2.75, 3.05) is 0 Å². The Bertz CT molecular complexity index is 606. The zero-order valence-electron chi connectivity index (χ0n) is 12.7. The van der Waals surface area contributed by atoms with Crippen LogP contribution in [0.3, 0.4) is 0 Å². The maximum atomic E-state index is 10.9.